The summed E-state index contributed by atoms with van der Waals surface area (Å²) in [6.07, 6.45) is 1.04. The van der Waals surface area contributed by atoms with Crippen LogP contribution in [0, 0.1) is 22.5 Å². The van der Waals surface area contributed by atoms with Crippen molar-refractivity contribution in [2.45, 2.75) is 32.8 Å². The Hall–Kier alpha value is 0.840. The van der Waals surface area contributed by atoms with Gasteiger partial charge in [0.1, 0.15) is 5.60 Å². The van der Waals surface area contributed by atoms with Crippen LogP contribution >= 0.6 is 67.8 Å². The number of hydrogen-bond acceptors (Lipinski definition) is 3. The summed E-state index contributed by atoms with van der Waals surface area (Å²) in [6, 6.07) is 3.98. The number of benzene rings is 1. The number of hydrogen-bond donors (Lipinski definition) is 1. The van der Waals surface area contributed by atoms with Crippen molar-refractivity contribution in [2.24, 2.45) is 11.8 Å². The van der Waals surface area contributed by atoms with Crippen LogP contribution in [0.15, 0.2) is 12.1 Å². The molecule has 0 radical (unpaired) electrons. The average molecular weight is 639 g/mol. The standard InChI is InChI=1S/C16H20I3NO2/c1-9-8-20-5-4-12(9)16(2,3)22-15(21)11-6-10(17)7-13(18)14(11)19/h6-7,9,12,20H,4-5,8H2,1-3H3. The van der Waals surface area contributed by atoms with Crippen molar-refractivity contribution in [2.75, 3.05) is 13.1 Å². The number of nitrogens with one attached hydrogen (secondary N) is 1. The van der Waals surface area contributed by atoms with Crippen LogP contribution in [-0.4, -0.2) is 24.7 Å². The molecule has 1 N–H and O–H groups in total. The van der Waals surface area contributed by atoms with Crippen LogP contribution in [0.5, 0.6) is 0 Å². The third-order valence-electron chi connectivity index (χ3n) is 4.25. The number of rotatable bonds is 3. The van der Waals surface area contributed by atoms with E-state index in [1.54, 1.807) is 0 Å². The van der Waals surface area contributed by atoms with Gasteiger partial charge in [0, 0.05) is 16.6 Å². The second-order valence-electron chi connectivity index (χ2n) is 6.32. The molecule has 6 heteroatoms. The molecule has 0 amide bonds. The molecule has 2 atom stereocenters. The lowest BCUT2D eigenvalue weighted by molar-refractivity contribution is -0.0499. The van der Waals surface area contributed by atoms with Gasteiger partial charge in [-0.25, -0.2) is 4.79 Å². The summed E-state index contributed by atoms with van der Waals surface area (Å²) in [4.78, 5) is 12.7. The first-order chi connectivity index (χ1) is 10.2. The third-order valence-corrected chi connectivity index (χ3v) is 7.91. The zero-order valence-corrected chi connectivity index (χ0v) is 19.4. The van der Waals surface area contributed by atoms with Gasteiger partial charge in [0.25, 0.3) is 0 Å². The van der Waals surface area contributed by atoms with Crippen LogP contribution in [0.4, 0.5) is 0 Å². The van der Waals surface area contributed by atoms with E-state index in [9.17, 15) is 4.79 Å². The molecule has 0 aromatic heterocycles. The van der Waals surface area contributed by atoms with Gasteiger partial charge in [-0.1, -0.05) is 6.92 Å². The third kappa shape index (κ3) is 4.47. The van der Waals surface area contributed by atoms with Crippen molar-refractivity contribution >= 4 is 73.7 Å². The molecule has 22 heavy (non-hydrogen) atoms. The van der Waals surface area contributed by atoms with Crippen LogP contribution in [0.25, 0.3) is 0 Å². The first-order valence-corrected chi connectivity index (χ1v) is 10.5. The maximum Gasteiger partial charge on any atom is 0.339 e. The lowest BCUT2D eigenvalue weighted by atomic mass is 9.77. The Balaban J connectivity index is 2.20. The smallest absolute Gasteiger partial charge is 0.339 e. The fourth-order valence-electron chi connectivity index (χ4n) is 3.12. The first kappa shape index (κ1) is 19.2. The van der Waals surface area contributed by atoms with E-state index in [2.05, 4.69) is 86.1 Å². The number of piperidine rings is 1. The zero-order chi connectivity index (χ0) is 16.5. The lowest BCUT2D eigenvalue weighted by Crippen LogP contribution is -2.47. The Morgan fingerprint density at radius 1 is 1.32 bits per heavy atom. The van der Waals surface area contributed by atoms with Gasteiger partial charge in [0.2, 0.25) is 0 Å². The minimum absolute atomic E-state index is 0.212. The van der Waals surface area contributed by atoms with E-state index in [1.165, 1.54) is 0 Å². The van der Waals surface area contributed by atoms with Gasteiger partial charge in [-0.2, -0.15) is 0 Å². The highest BCUT2D eigenvalue weighted by Gasteiger charge is 2.38. The Morgan fingerprint density at radius 3 is 2.64 bits per heavy atom. The van der Waals surface area contributed by atoms with Crippen LogP contribution < -0.4 is 5.32 Å². The largest absolute Gasteiger partial charge is 0.456 e. The van der Waals surface area contributed by atoms with Crippen molar-refractivity contribution in [3.63, 3.8) is 0 Å². The predicted octanol–water partition coefficient (Wildman–Crippen LogP) is 4.68. The molecule has 1 aromatic rings. The summed E-state index contributed by atoms with van der Waals surface area (Å²) in [5.41, 5.74) is 0.223. The van der Waals surface area contributed by atoms with Gasteiger partial charge in [0.15, 0.2) is 0 Å². The maximum atomic E-state index is 12.7. The number of halogens is 3. The highest BCUT2D eigenvalue weighted by molar-refractivity contribution is 14.1. The lowest BCUT2D eigenvalue weighted by Gasteiger charge is -2.40. The molecule has 1 aliphatic heterocycles. The molecule has 1 saturated heterocycles. The second-order valence-corrected chi connectivity index (χ2v) is 9.81. The molecule has 2 rings (SSSR count). The first-order valence-electron chi connectivity index (χ1n) is 7.31. The van der Waals surface area contributed by atoms with E-state index in [4.69, 9.17) is 4.74 Å². The number of esters is 1. The van der Waals surface area contributed by atoms with Crippen LogP contribution in [0.1, 0.15) is 37.6 Å². The molecule has 1 aromatic carbocycles. The molecule has 0 saturated carbocycles. The van der Waals surface area contributed by atoms with Crippen molar-refractivity contribution in [3.05, 3.63) is 28.4 Å². The molecule has 1 aliphatic rings. The quantitative estimate of drug-likeness (QED) is 0.297. The maximum absolute atomic E-state index is 12.7. The van der Waals surface area contributed by atoms with Gasteiger partial charge in [-0.3, -0.25) is 0 Å². The number of carbonyl (C=O) groups is 1. The van der Waals surface area contributed by atoms with Crippen LogP contribution in [0.2, 0.25) is 0 Å². The summed E-state index contributed by atoms with van der Waals surface area (Å²) in [7, 11) is 0. The Kier molecular flexibility index (Phi) is 6.81. The van der Waals surface area contributed by atoms with Gasteiger partial charge in [-0.15, -0.1) is 0 Å². The van der Waals surface area contributed by atoms with Crippen molar-refractivity contribution in [3.8, 4) is 0 Å². The molecule has 1 fully saturated rings. The van der Waals surface area contributed by atoms with E-state index in [0.717, 1.165) is 30.2 Å². The Morgan fingerprint density at radius 2 is 2.00 bits per heavy atom. The summed E-state index contributed by atoms with van der Waals surface area (Å²) in [5.74, 6) is 0.681. The molecule has 0 aliphatic carbocycles. The van der Waals surface area contributed by atoms with Crippen molar-refractivity contribution < 1.29 is 9.53 Å². The molecule has 2 unspecified atom stereocenters. The van der Waals surface area contributed by atoms with Gasteiger partial charge >= 0.3 is 5.97 Å². The van der Waals surface area contributed by atoms with Crippen molar-refractivity contribution in [1.29, 1.82) is 0 Å². The number of ether oxygens (including phenoxy) is 1. The molecule has 122 valence electrons. The van der Waals surface area contributed by atoms with E-state index < -0.39 is 5.60 Å². The predicted molar refractivity (Wildman–Crippen MR) is 114 cm³/mol. The Labute approximate surface area is 173 Å². The highest BCUT2D eigenvalue weighted by Crippen LogP contribution is 2.34. The normalized spacial score (nSPS) is 22.5. The summed E-state index contributed by atoms with van der Waals surface area (Å²) >= 11 is 6.73. The van der Waals surface area contributed by atoms with Crippen molar-refractivity contribution in [1.82, 2.24) is 5.32 Å². The fraction of sp³-hybridized carbons (Fsp3) is 0.562. The fourth-order valence-corrected chi connectivity index (χ4v) is 5.50. The Bertz CT molecular complexity index is 575. The molecule has 3 nitrogen and oxygen atoms in total. The molecular formula is C16H20I3NO2. The number of carbonyl (C=O) groups excluding carboxylic acids is 1. The SMILES string of the molecule is CC1CNCCC1C(C)(C)OC(=O)c1cc(I)cc(I)c1I. The molecule has 0 bridgehead atoms. The van der Waals surface area contributed by atoms with Gasteiger partial charge in [-0.05, 0) is 119 Å². The van der Waals surface area contributed by atoms with E-state index in [0.29, 0.717) is 17.4 Å². The van der Waals surface area contributed by atoms with E-state index in [-0.39, 0.29) is 5.97 Å². The van der Waals surface area contributed by atoms with Gasteiger partial charge in [0.05, 0.1) is 5.56 Å². The zero-order valence-electron chi connectivity index (χ0n) is 12.9. The second kappa shape index (κ2) is 7.81. The summed E-state index contributed by atoms with van der Waals surface area (Å²) in [5, 5.41) is 3.40. The monoisotopic (exact) mass is 639 g/mol. The molecule has 1 heterocycles. The molecular weight excluding hydrogens is 619 g/mol. The average Bonchev–Trinajstić information content (AvgIpc) is 2.42. The molecule has 0 spiro atoms. The van der Waals surface area contributed by atoms with Crippen LogP contribution in [0.3, 0.4) is 0 Å². The minimum atomic E-state index is -0.450. The topological polar surface area (TPSA) is 38.3 Å². The van der Waals surface area contributed by atoms with Crippen LogP contribution in [-0.2, 0) is 4.74 Å². The minimum Gasteiger partial charge on any atom is -0.456 e. The van der Waals surface area contributed by atoms with Gasteiger partial charge < -0.3 is 10.1 Å². The van der Waals surface area contributed by atoms with E-state index >= 15 is 0 Å². The summed E-state index contributed by atoms with van der Waals surface area (Å²) in [6.45, 7) is 8.30. The summed E-state index contributed by atoms with van der Waals surface area (Å²) < 4.78 is 9.06. The van der Waals surface area contributed by atoms with E-state index in [1.807, 2.05) is 19.9 Å². The highest BCUT2D eigenvalue weighted by atomic mass is 127.